The number of aryl methyl sites for hydroxylation is 1. The predicted octanol–water partition coefficient (Wildman–Crippen LogP) is 3.71. The molecule has 0 bridgehead atoms. The number of carbonyl (C=O) groups is 2. The second kappa shape index (κ2) is 8.90. The van der Waals surface area contributed by atoms with Gasteiger partial charge in [0.25, 0.3) is 0 Å². The number of anilines is 1. The van der Waals surface area contributed by atoms with Crippen LogP contribution in [0.1, 0.15) is 42.0 Å². The maximum atomic E-state index is 13.6. The molecule has 2 aliphatic rings. The van der Waals surface area contributed by atoms with Crippen LogP contribution in [0.2, 0.25) is 0 Å². The highest BCUT2D eigenvalue weighted by Gasteiger charge is 2.36. The molecule has 0 spiro atoms. The Bertz CT molecular complexity index is 904. The Morgan fingerprint density at radius 3 is 2.30 bits per heavy atom. The van der Waals surface area contributed by atoms with E-state index in [1.165, 1.54) is 16.8 Å². The number of amides is 2. The number of hydrogen-bond acceptors (Lipinski definition) is 3. The third-order valence-corrected chi connectivity index (χ3v) is 6.53. The fourth-order valence-electron chi connectivity index (χ4n) is 4.61. The molecule has 30 heavy (non-hydrogen) atoms. The van der Waals surface area contributed by atoms with Gasteiger partial charge >= 0.3 is 0 Å². The minimum atomic E-state index is -0.508. The summed E-state index contributed by atoms with van der Waals surface area (Å²) in [6.45, 7) is 7.94. The normalized spacial score (nSPS) is 18.5. The standard InChI is InChI=1S/C25H31N3O2/c1-19-9-8-12-22(20(19)2)26-15-17-27(18-16-26)25(30)24(21-10-4-3-5-11-21)28-14-7-6-13-23(28)29/h3-5,8-12,24H,6-7,13-18H2,1-2H3. The molecule has 2 saturated heterocycles. The molecule has 0 N–H and O–H groups in total. The first-order chi connectivity index (χ1) is 14.6. The van der Waals surface area contributed by atoms with Crippen LogP contribution in [0.15, 0.2) is 48.5 Å². The molecular weight excluding hydrogens is 374 g/mol. The van der Waals surface area contributed by atoms with Crippen molar-refractivity contribution in [1.82, 2.24) is 9.80 Å². The fourth-order valence-corrected chi connectivity index (χ4v) is 4.61. The summed E-state index contributed by atoms with van der Waals surface area (Å²) in [7, 11) is 0. The Hall–Kier alpha value is -2.82. The zero-order valence-electron chi connectivity index (χ0n) is 18.0. The summed E-state index contributed by atoms with van der Waals surface area (Å²) in [6, 6.07) is 15.7. The maximum Gasteiger partial charge on any atom is 0.250 e. The van der Waals surface area contributed by atoms with Crippen molar-refractivity contribution in [3.8, 4) is 0 Å². The van der Waals surface area contributed by atoms with E-state index < -0.39 is 6.04 Å². The highest BCUT2D eigenvalue weighted by Crippen LogP contribution is 2.29. The number of carbonyl (C=O) groups excluding carboxylic acids is 2. The molecule has 1 atom stereocenters. The zero-order valence-corrected chi connectivity index (χ0v) is 18.0. The van der Waals surface area contributed by atoms with Gasteiger partial charge in [-0.3, -0.25) is 9.59 Å². The lowest BCUT2D eigenvalue weighted by molar-refractivity contribution is -0.148. The summed E-state index contributed by atoms with van der Waals surface area (Å²) in [6.07, 6.45) is 2.42. The summed E-state index contributed by atoms with van der Waals surface area (Å²) in [5.74, 6) is 0.148. The van der Waals surface area contributed by atoms with Crippen molar-refractivity contribution in [2.24, 2.45) is 0 Å². The number of piperazine rings is 1. The van der Waals surface area contributed by atoms with Crippen LogP contribution in [0.5, 0.6) is 0 Å². The van der Waals surface area contributed by atoms with Gasteiger partial charge in [0.1, 0.15) is 6.04 Å². The van der Waals surface area contributed by atoms with Gasteiger partial charge in [0.2, 0.25) is 11.8 Å². The van der Waals surface area contributed by atoms with Crippen LogP contribution in [-0.2, 0) is 9.59 Å². The van der Waals surface area contributed by atoms with E-state index in [9.17, 15) is 9.59 Å². The average Bonchev–Trinajstić information content (AvgIpc) is 2.78. The minimum absolute atomic E-state index is 0.0528. The topological polar surface area (TPSA) is 43.9 Å². The van der Waals surface area contributed by atoms with E-state index in [4.69, 9.17) is 0 Å². The molecule has 4 rings (SSSR count). The highest BCUT2D eigenvalue weighted by atomic mass is 16.2. The van der Waals surface area contributed by atoms with Gasteiger partial charge in [0.05, 0.1) is 0 Å². The van der Waals surface area contributed by atoms with Crippen molar-refractivity contribution in [2.45, 2.75) is 39.2 Å². The van der Waals surface area contributed by atoms with Crippen LogP contribution in [0.4, 0.5) is 5.69 Å². The Balaban J connectivity index is 1.51. The molecular formula is C25H31N3O2. The van der Waals surface area contributed by atoms with E-state index in [1.54, 1.807) is 4.90 Å². The van der Waals surface area contributed by atoms with Crippen molar-refractivity contribution >= 4 is 17.5 Å². The van der Waals surface area contributed by atoms with Gasteiger partial charge in [-0.1, -0.05) is 42.5 Å². The Labute approximate surface area is 179 Å². The van der Waals surface area contributed by atoms with Crippen molar-refractivity contribution in [2.75, 3.05) is 37.6 Å². The van der Waals surface area contributed by atoms with E-state index in [2.05, 4.69) is 36.9 Å². The first-order valence-electron chi connectivity index (χ1n) is 11.0. The molecule has 0 aromatic heterocycles. The third-order valence-electron chi connectivity index (χ3n) is 6.53. The fraction of sp³-hybridized carbons (Fsp3) is 0.440. The second-order valence-corrected chi connectivity index (χ2v) is 8.39. The van der Waals surface area contributed by atoms with Gasteiger partial charge in [-0.25, -0.2) is 0 Å². The van der Waals surface area contributed by atoms with E-state index in [1.807, 2.05) is 35.2 Å². The van der Waals surface area contributed by atoms with Gasteiger partial charge in [-0.05, 0) is 49.4 Å². The molecule has 0 aliphatic carbocycles. The Morgan fingerprint density at radius 1 is 0.867 bits per heavy atom. The van der Waals surface area contributed by atoms with Crippen LogP contribution in [0.25, 0.3) is 0 Å². The number of rotatable bonds is 4. The summed E-state index contributed by atoms with van der Waals surface area (Å²) >= 11 is 0. The molecule has 2 aromatic carbocycles. The number of hydrogen-bond donors (Lipinski definition) is 0. The summed E-state index contributed by atoms with van der Waals surface area (Å²) in [5.41, 5.74) is 4.76. The molecule has 158 valence electrons. The van der Waals surface area contributed by atoms with Crippen LogP contribution < -0.4 is 4.90 Å². The minimum Gasteiger partial charge on any atom is -0.368 e. The third kappa shape index (κ3) is 4.07. The lowest BCUT2D eigenvalue weighted by atomic mass is 9.99. The summed E-state index contributed by atoms with van der Waals surface area (Å²) in [4.78, 5) is 32.4. The lowest BCUT2D eigenvalue weighted by Gasteiger charge is -2.41. The maximum absolute atomic E-state index is 13.6. The van der Waals surface area contributed by atoms with E-state index >= 15 is 0 Å². The van der Waals surface area contributed by atoms with E-state index in [0.29, 0.717) is 26.1 Å². The van der Waals surface area contributed by atoms with Gasteiger partial charge in [-0.2, -0.15) is 0 Å². The first-order valence-corrected chi connectivity index (χ1v) is 11.0. The molecule has 5 heteroatoms. The van der Waals surface area contributed by atoms with Crippen molar-refractivity contribution < 1.29 is 9.59 Å². The van der Waals surface area contributed by atoms with Crippen LogP contribution >= 0.6 is 0 Å². The smallest absolute Gasteiger partial charge is 0.250 e. The molecule has 2 fully saturated rings. The van der Waals surface area contributed by atoms with Crippen molar-refractivity contribution in [3.63, 3.8) is 0 Å². The van der Waals surface area contributed by atoms with Crippen LogP contribution in [-0.4, -0.2) is 54.3 Å². The van der Waals surface area contributed by atoms with Gasteiger partial charge in [0.15, 0.2) is 0 Å². The van der Waals surface area contributed by atoms with Crippen molar-refractivity contribution in [3.05, 3.63) is 65.2 Å². The number of nitrogens with zero attached hydrogens (tertiary/aromatic N) is 3. The van der Waals surface area contributed by atoms with Crippen LogP contribution in [0.3, 0.4) is 0 Å². The SMILES string of the molecule is Cc1cccc(N2CCN(C(=O)C(c3ccccc3)N3CCCCC3=O)CC2)c1C. The predicted molar refractivity (Wildman–Crippen MR) is 119 cm³/mol. The van der Waals surface area contributed by atoms with Gasteiger partial charge in [-0.15, -0.1) is 0 Å². The molecule has 2 aromatic rings. The molecule has 1 unspecified atom stereocenters. The summed E-state index contributed by atoms with van der Waals surface area (Å²) < 4.78 is 0. The van der Waals surface area contributed by atoms with E-state index in [0.717, 1.165) is 31.5 Å². The summed E-state index contributed by atoms with van der Waals surface area (Å²) in [5, 5.41) is 0. The Morgan fingerprint density at radius 2 is 1.60 bits per heavy atom. The molecule has 0 radical (unpaired) electrons. The first kappa shape index (κ1) is 20.5. The molecule has 2 aliphatic heterocycles. The van der Waals surface area contributed by atoms with Gasteiger partial charge in [0, 0.05) is 44.8 Å². The number of piperidine rings is 1. The number of likely N-dealkylation sites (tertiary alicyclic amines) is 1. The number of benzene rings is 2. The monoisotopic (exact) mass is 405 g/mol. The van der Waals surface area contributed by atoms with E-state index in [-0.39, 0.29) is 11.8 Å². The highest BCUT2D eigenvalue weighted by molar-refractivity contribution is 5.89. The van der Waals surface area contributed by atoms with Crippen molar-refractivity contribution in [1.29, 1.82) is 0 Å². The molecule has 5 nitrogen and oxygen atoms in total. The molecule has 0 saturated carbocycles. The largest absolute Gasteiger partial charge is 0.368 e. The average molecular weight is 406 g/mol. The quantitative estimate of drug-likeness (QED) is 0.779. The second-order valence-electron chi connectivity index (χ2n) is 8.39. The zero-order chi connectivity index (χ0) is 21.1. The lowest BCUT2D eigenvalue weighted by Crippen LogP contribution is -2.53. The van der Waals surface area contributed by atoms with Crippen LogP contribution in [0, 0.1) is 13.8 Å². The molecule has 2 heterocycles. The Kier molecular flexibility index (Phi) is 6.07. The molecule has 2 amide bonds. The van der Waals surface area contributed by atoms with Gasteiger partial charge < -0.3 is 14.7 Å².